The summed E-state index contributed by atoms with van der Waals surface area (Å²) < 4.78 is 8.47. The highest BCUT2D eigenvalue weighted by Crippen LogP contribution is 2.18. The molecule has 0 saturated carbocycles. The Morgan fingerprint density at radius 3 is 2.65 bits per heavy atom. The molecule has 0 atom stereocenters. The van der Waals surface area contributed by atoms with Gasteiger partial charge in [-0.2, -0.15) is 4.98 Å². The zero-order valence-electron chi connectivity index (χ0n) is 18.8. The lowest BCUT2D eigenvalue weighted by Crippen LogP contribution is -2.41. The molecule has 10 heteroatoms. The molecular formula is C24H25ClN6O3. The third-order valence-corrected chi connectivity index (χ3v) is 6.22. The van der Waals surface area contributed by atoms with Crippen molar-refractivity contribution in [3.05, 3.63) is 74.8 Å². The Balaban J connectivity index is 1.47. The second kappa shape index (κ2) is 9.54. The number of carbonyl (C=O) groups excluding carboxylic acids is 1. The number of rotatable bonds is 6. The van der Waals surface area contributed by atoms with Crippen molar-refractivity contribution in [3.63, 3.8) is 0 Å². The lowest BCUT2D eigenvalue weighted by molar-refractivity contribution is 0.0383. The molecule has 0 bridgehead atoms. The van der Waals surface area contributed by atoms with Gasteiger partial charge in [-0.05, 0) is 42.3 Å². The van der Waals surface area contributed by atoms with Gasteiger partial charge in [-0.25, -0.2) is 4.52 Å². The second-order valence-electron chi connectivity index (χ2n) is 8.39. The van der Waals surface area contributed by atoms with Crippen LogP contribution in [0.2, 0.25) is 5.02 Å². The Morgan fingerprint density at radius 2 is 1.88 bits per heavy atom. The summed E-state index contributed by atoms with van der Waals surface area (Å²) in [5, 5.41) is 7.88. The average Bonchev–Trinajstić information content (AvgIpc) is 3.29. The van der Waals surface area contributed by atoms with Crippen molar-refractivity contribution in [1.82, 2.24) is 29.4 Å². The van der Waals surface area contributed by atoms with Crippen LogP contribution in [-0.4, -0.2) is 69.4 Å². The van der Waals surface area contributed by atoms with E-state index in [1.54, 1.807) is 16.7 Å². The molecule has 4 aromatic rings. The number of morpholine rings is 1. The maximum absolute atomic E-state index is 13.4. The Hall–Kier alpha value is -3.27. The van der Waals surface area contributed by atoms with Crippen molar-refractivity contribution in [2.45, 2.75) is 13.5 Å². The quantitative estimate of drug-likeness (QED) is 0.454. The summed E-state index contributed by atoms with van der Waals surface area (Å²) in [4.78, 5) is 32.7. The second-order valence-corrected chi connectivity index (χ2v) is 8.83. The highest BCUT2D eigenvalue weighted by atomic mass is 35.5. The van der Waals surface area contributed by atoms with Gasteiger partial charge in [0.05, 0.1) is 30.8 Å². The lowest BCUT2D eigenvalue weighted by Gasteiger charge is -2.26. The van der Waals surface area contributed by atoms with Crippen LogP contribution in [0.25, 0.3) is 16.7 Å². The number of aryl methyl sites for hydroxylation is 1. The minimum atomic E-state index is -0.402. The van der Waals surface area contributed by atoms with Crippen molar-refractivity contribution in [2.24, 2.45) is 0 Å². The fourth-order valence-corrected chi connectivity index (χ4v) is 4.26. The molecule has 0 unspecified atom stereocenters. The third kappa shape index (κ3) is 4.54. The molecule has 0 spiro atoms. The molecule has 9 nitrogen and oxygen atoms in total. The molecule has 5 rings (SSSR count). The molecule has 3 heterocycles. The van der Waals surface area contributed by atoms with E-state index in [-0.39, 0.29) is 17.0 Å². The summed E-state index contributed by atoms with van der Waals surface area (Å²) in [5.74, 6) is -0.425. The van der Waals surface area contributed by atoms with Crippen LogP contribution < -0.4 is 10.9 Å². The van der Waals surface area contributed by atoms with Crippen molar-refractivity contribution >= 4 is 34.2 Å². The first-order chi connectivity index (χ1) is 16.5. The molecule has 176 valence electrons. The van der Waals surface area contributed by atoms with Gasteiger partial charge < -0.3 is 10.1 Å². The van der Waals surface area contributed by atoms with Crippen molar-refractivity contribution in [3.8, 4) is 0 Å². The Labute approximate surface area is 200 Å². The fraction of sp³-hybridized carbons (Fsp3) is 0.333. The SMILES string of the molecule is Cc1ccc2c(c1)n(Cc1ccc(Cl)cc1)c(=O)c1nc(C(=O)NCCN3CCOCC3)nn12. The van der Waals surface area contributed by atoms with Gasteiger partial charge in [0.2, 0.25) is 11.5 Å². The van der Waals surface area contributed by atoms with Gasteiger partial charge in [-0.1, -0.05) is 29.8 Å². The number of nitrogens with one attached hydrogen (secondary N) is 1. The Kier molecular flexibility index (Phi) is 6.32. The van der Waals surface area contributed by atoms with E-state index < -0.39 is 5.91 Å². The van der Waals surface area contributed by atoms with Crippen LogP contribution in [0, 0.1) is 6.92 Å². The van der Waals surface area contributed by atoms with Gasteiger partial charge in [-0.3, -0.25) is 19.1 Å². The van der Waals surface area contributed by atoms with Crippen molar-refractivity contribution < 1.29 is 9.53 Å². The summed E-state index contributed by atoms with van der Waals surface area (Å²) in [6.07, 6.45) is 0. The zero-order chi connectivity index (χ0) is 23.7. The van der Waals surface area contributed by atoms with Crippen LogP contribution >= 0.6 is 11.6 Å². The van der Waals surface area contributed by atoms with Gasteiger partial charge >= 0.3 is 0 Å². The molecular weight excluding hydrogens is 456 g/mol. The summed E-state index contributed by atoms with van der Waals surface area (Å²) >= 11 is 6.02. The van der Waals surface area contributed by atoms with E-state index in [1.165, 1.54) is 4.52 Å². The van der Waals surface area contributed by atoms with Crippen LogP contribution in [0.4, 0.5) is 0 Å². The smallest absolute Gasteiger partial charge is 0.296 e. The van der Waals surface area contributed by atoms with Crippen molar-refractivity contribution in [2.75, 3.05) is 39.4 Å². The average molecular weight is 481 g/mol. The summed E-state index contributed by atoms with van der Waals surface area (Å²) in [5.41, 5.74) is 3.17. The molecule has 1 amide bonds. The number of aromatic nitrogens is 4. The highest BCUT2D eigenvalue weighted by molar-refractivity contribution is 6.30. The predicted molar refractivity (Wildman–Crippen MR) is 130 cm³/mol. The van der Waals surface area contributed by atoms with Crippen LogP contribution in [0.3, 0.4) is 0 Å². The van der Waals surface area contributed by atoms with E-state index >= 15 is 0 Å². The summed E-state index contributed by atoms with van der Waals surface area (Å²) in [6.45, 7) is 6.61. The maximum Gasteiger partial charge on any atom is 0.296 e. The number of hydrogen-bond acceptors (Lipinski definition) is 6. The summed E-state index contributed by atoms with van der Waals surface area (Å²) in [6, 6.07) is 13.1. The molecule has 2 aromatic heterocycles. The normalized spacial score (nSPS) is 14.6. The standard InChI is InChI=1S/C24H25ClN6O3/c1-16-2-7-19-20(14-16)30(15-17-3-5-18(25)6-4-17)24(33)22-27-21(28-31(19)22)23(32)26-8-9-29-10-12-34-13-11-29/h2-7,14H,8-13,15H2,1H3,(H,26,32). The first-order valence-electron chi connectivity index (χ1n) is 11.2. The minimum Gasteiger partial charge on any atom is -0.379 e. The minimum absolute atomic E-state index is 0.0230. The number of nitrogens with zero attached hydrogens (tertiary/aromatic N) is 5. The molecule has 1 N–H and O–H groups in total. The summed E-state index contributed by atoms with van der Waals surface area (Å²) in [7, 11) is 0. The van der Waals surface area contributed by atoms with E-state index in [0.717, 1.165) is 36.3 Å². The van der Waals surface area contributed by atoms with Crippen LogP contribution in [0.15, 0.2) is 47.3 Å². The van der Waals surface area contributed by atoms with Gasteiger partial charge in [0, 0.05) is 31.2 Å². The van der Waals surface area contributed by atoms with Gasteiger partial charge in [-0.15, -0.1) is 5.10 Å². The molecule has 0 aliphatic carbocycles. The number of ether oxygens (including phenoxy) is 1. The number of halogens is 1. The topological polar surface area (TPSA) is 93.8 Å². The molecule has 1 aliphatic rings. The molecule has 1 saturated heterocycles. The van der Waals surface area contributed by atoms with E-state index in [2.05, 4.69) is 20.3 Å². The Morgan fingerprint density at radius 1 is 1.12 bits per heavy atom. The highest BCUT2D eigenvalue weighted by Gasteiger charge is 2.20. The van der Waals surface area contributed by atoms with Gasteiger partial charge in [0.15, 0.2) is 0 Å². The third-order valence-electron chi connectivity index (χ3n) is 5.97. The molecule has 1 fully saturated rings. The first-order valence-corrected chi connectivity index (χ1v) is 11.6. The van der Waals surface area contributed by atoms with E-state index in [4.69, 9.17) is 16.3 Å². The zero-order valence-corrected chi connectivity index (χ0v) is 19.6. The van der Waals surface area contributed by atoms with Gasteiger partial charge in [0.25, 0.3) is 11.5 Å². The Bertz CT molecular complexity index is 1410. The van der Waals surface area contributed by atoms with Crippen LogP contribution in [0.5, 0.6) is 0 Å². The lowest BCUT2D eigenvalue weighted by atomic mass is 10.2. The number of fused-ring (bicyclic) bond motifs is 3. The van der Waals surface area contributed by atoms with Crippen LogP contribution in [0.1, 0.15) is 21.7 Å². The van der Waals surface area contributed by atoms with E-state index in [9.17, 15) is 9.59 Å². The van der Waals surface area contributed by atoms with Gasteiger partial charge in [0.1, 0.15) is 0 Å². The molecule has 1 aliphatic heterocycles. The number of amides is 1. The monoisotopic (exact) mass is 480 g/mol. The number of carbonyl (C=O) groups is 1. The van der Waals surface area contributed by atoms with E-state index in [0.29, 0.717) is 36.8 Å². The van der Waals surface area contributed by atoms with E-state index in [1.807, 2.05) is 37.3 Å². The maximum atomic E-state index is 13.4. The first kappa shape index (κ1) is 22.5. The largest absolute Gasteiger partial charge is 0.379 e. The van der Waals surface area contributed by atoms with Crippen LogP contribution in [-0.2, 0) is 11.3 Å². The fourth-order valence-electron chi connectivity index (χ4n) is 4.13. The molecule has 2 aromatic carbocycles. The van der Waals surface area contributed by atoms with Crippen molar-refractivity contribution in [1.29, 1.82) is 0 Å². The number of benzene rings is 2. The number of hydrogen-bond donors (Lipinski definition) is 1. The molecule has 0 radical (unpaired) electrons. The molecule has 34 heavy (non-hydrogen) atoms. The predicted octanol–water partition coefficient (Wildman–Crippen LogP) is 2.12.